The monoisotopic (exact) mass is 595 g/mol. The first kappa shape index (κ1) is 40.9. The Kier molecular flexibility index (Phi) is 30.6. The fraction of sp³-hybridized carbons (Fsp3) is 0.947. The molecule has 0 amide bonds. The molecule has 0 atom stereocenters. The SMILES string of the molecule is CCCCCCCCCCCC(OC(=O)CCCCCCCCCC(C)C)OC(=O)CCCCCCCCCC(C)C. The second kappa shape index (κ2) is 31.4. The van der Waals surface area contributed by atoms with E-state index in [1.54, 1.807) is 0 Å². The molecule has 4 nitrogen and oxygen atoms in total. The highest BCUT2D eigenvalue weighted by molar-refractivity contribution is 5.71. The zero-order valence-electron chi connectivity index (χ0n) is 29.2. The smallest absolute Gasteiger partial charge is 0.308 e. The molecule has 0 N–H and O–H groups in total. The van der Waals surface area contributed by atoms with Crippen molar-refractivity contribution in [3.8, 4) is 0 Å². The second-order valence-corrected chi connectivity index (χ2v) is 13.8. The van der Waals surface area contributed by atoms with Gasteiger partial charge in [-0.05, 0) is 31.1 Å². The van der Waals surface area contributed by atoms with Crippen LogP contribution in [0.2, 0.25) is 0 Å². The summed E-state index contributed by atoms with van der Waals surface area (Å²) in [5.74, 6) is 1.19. The average Bonchev–Trinajstić information content (AvgIpc) is 2.94. The fourth-order valence-corrected chi connectivity index (χ4v) is 5.59. The Hall–Kier alpha value is -1.06. The van der Waals surface area contributed by atoms with Gasteiger partial charge in [0.15, 0.2) is 0 Å². The lowest BCUT2D eigenvalue weighted by atomic mass is 10.0. The van der Waals surface area contributed by atoms with Crippen molar-refractivity contribution >= 4 is 11.9 Å². The van der Waals surface area contributed by atoms with Gasteiger partial charge in [-0.25, -0.2) is 0 Å². The van der Waals surface area contributed by atoms with E-state index in [2.05, 4.69) is 34.6 Å². The van der Waals surface area contributed by atoms with Crippen molar-refractivity contribution in [3.05, 3.63) is 0 Å². The van der Waals surface area contributed by atoms with Crippen LogP contribution in [0, 0.1) is 11.8 Å². The van der Waals surface area contributed by atoms with Crippen molar-refractivity contribution in [3.63, 3.8) is 0 Å². The van der Waals surface area contributed by atoms with E-state index in [1.165, 1.54) is 122 Å². The third-order valence-corrected chi connectivity index (χ3v) is 8.39. The molecule has 0 spiro atoms. The highest BCUT2D eigenvalue weighted by Gasteiger charge is 2.18. The minimum Gasteiger partial charge on any atom is -0.425 e. The molecule has 0 saturated heterocycles. The first-order valence-corrected chi connectivity index (χ1v) is 18.7. The molecule has 0 aliphatic heterocycles. The van der Waals surface area contributed by atoms with Gasteiger partial charge >= 0.3 is 11.9 Å². The van der Waals surface area contributed by atoms with Crippen LogP contribution in [0.15, 0.2) is 0 Å². The molecule has 0 rings (SSSR count). The summed E-state index contributed by atoms with van der Waals surface area (Å²) in [5.41, 5.74) is 0. The predicted octanol–water partition coefficient (Wildman–Crippen LogP) is 12.7. The molecular weight excluding hydrogens is 520 g/mol. The maximum absolute atomic E-state index is 12.6. The maximum Gasteiger partial charge on any atom is 0.308 e. The van der Waals surface area contributed by atoms with Crippen molar-refractivity contribution in [2.45, 2.75) is 221 Å². The number of esters is 2. The molecule has 0 heterocycles. The number of hydrogen-bond donors (Lipinski definition) is 0. The molecule has 0 fully saturated rings. The van der Waals surface area contributed by atoms with E-state index >= 15 is 0 Å². The molecule has 42 heavy (non-hydrogen) atoms. The van der Waals surface area contributed by atoms with Crippen molar-refractivity contribution < 1.29 is 19.1 Å². The van der Waals surface area contributed by atoms with Gasteiger partial charge in [0.2, 0.25) is 6.29 Å². The average molecular weight is 595 g/mol. The molecule has 0 unspecified atom stereocenters. The molecule has 0 aromatic carbocycles. The van der Waals surface area contributed by atoms with Gasteiger partial charge in [0.25, 0.3) is 0 Å². The summed E-state index contributed by atoms with van der Waals surface area (Å²) in [7, 11) is 0. The van der Waals surface area contributed by atoms with Crippen LogP contribution in [0.4, 0.5) is 0 Å². The van der Waals surface area contributed by atoms with Gasteiger partial charge in [-0.3, -0.25) is 9.59 Å². The number of unbranched alkanes of at least 4 members (excludes halogenated alkanes) is 20. The summed E-state index contributed by atoms with van der Waals surface area (Å²) in [6.45, 7) is 11.4. The Morgan fingerprint density at radius 1 is 0.405 bits per heavy atom. The zero-order chi connectivity index (χ0) is 31.1. The summed E-state index contributed by atoms with van der Waals surface area (Å²) in [6.07, 6.45) is 31.2. The lowest BCUT2D eigenvalue weighted by Crippen LogP contribution is -2.24. The maximum atomic E-state index is 12.6. The summed E-state index contributed by atoms with van der Waals surface area (Å²) in [6, 6.07) is 0. The van der Waals surface area contributed by atoms with E-state index in [0.29, 0.717) is 19.3 Å². The molecule has 0 bridgehead atoms. The molecular formula is C38H74O4. The van der Waals surface area contributed by atoms with Crippen LogP contribution in [-0.4, -0.2) is 18.2 Å². The number of carbonyl (C=O) groups excluding carboxylic acids is 2. The van der Waals surface area contributed by atoms with E-state index in [0.717, 1.165) is 50.4 Å². The van der Waals surface area contributed by atoms with Gasteiger partial charge in [-0.1, -0.05) is 176 Å². The molecule has 0 radical (unpaired) electrons. The van der Waals surface area contributed by atoms with Gasteiger partial charge in [-0.2, -0.15) is 0 Å². The van der Waals surface area contributed by atoms with Crippen molar-refractivity contribution in [1.82, 2.24) is 0 Å². The van der Waals surface area contributed by atoms with Crippen molar-refractivity contribution in [2.75, 3.05) is 0 Å². The van der Waals surface area contributed by atoms with Gasteiger partial charge < -0.3 is 9.47 Å². The third kappa shape index (κ3) is 31.9. The van der Waals surface area contributed by atoms with Crippen LogP contribution in [-0.2, 0) is 19.1 Å². The van der Waals surface area contributed by atoms with E-state index in [4.69, 9.17) is 9.47 Å². The van der Waals surface area contributed by atoms with Crippen LogP contribution in [0.1, 0.15) is 214 Å². The zero-order valence-corrected chi connectivity index (χ0v) is 29.2. The second-order valence-electron chi connectivity index (χ2n) is 13.8. The van der Waals surface area contributed by atoms with E-state index in [-0.39, 0.29) is 11.9 Å². The summed E-state index contributed by atoms with van der Waals surface area (Å²) < 4.78 is 11.4. The van der Waals surface area contributed by atoms with Crippen LogP contribution in [0.3, 0.4) is 0 Å². The molecule has 4 heteroatoms. The Morgan fingerprint density at radius 3 is 1.02 bits per heavy atom. The number of carbonyl (C=O) groups is 2. The number of ether oxygens (including phenoxy) is 2. The Bertz CT molecular complexity index is 546. The number of rotatable bonds is 32. The van der Waals surface area contributed by atoms with E-state index in [9.17, 15) is 9.59 Å². The predicted molar refractivity (Wildman–Crippen MR) is 181 cm³/mol. The lowest BCUT2D eigenvalue weighted by Gasteiger charge is -2.18. The Balaban J connectivity index is 4.22. The summed E-state index contributed by atoms with van der Waals surface area (Å²) in [5, 5.41) is 0. The molecule has 0 aromatic rings. The number of hydrogen-bond acceptors (Lipinski definition) is 4. The van der Waals surface area contributed by atoms with Crippen LogP contribution in [0.25, 0.3) is 0 Å². The Morgan fingerprint density at radius 2 is 0.690 bits per heavy atom. The Labute approximate surface area is 263 Å². The molecule has 0 aliphatic carbocycles. The highest BCUT2D eigenvalue weighted by atomic mass is 16.7. The van der Waals surface area contributed by atoms with Gasteiger partial charge in [-0.15, -0.1) is 0 Å². The topological polar surface area (TPSA) is 52.6 Å². The summed E-state index contributed by atoms with van der Waals surface area (Å²) in [4.78, 5) is 25.1. The van der Waals surface area contributed by atoms with Crippen LogP contribution >= 0.6 is 0 Å². The minimum atomic E-state index is -0.712. The van der Waals surface area contributed by atoms with E-state index < -0.39 is 6.29 Å². The lowest BCUT2D eigenvalue weighted by molar-refractivity contribution is -0.189. The van der Waals surface area contributed by atoms with Crippen LogP contribution < -0.4 is 0 Å². The van der Waals surface area contributed by atoms with Gasteiger partial charge in [0.1, 0.15) is 0 Å². The first-order chi connectivity index (χ1) is 20.3. The normalized spacial score (nSPS) is 11.6. The molecule has 250 valence electrons. The quantitative estimate of drug-likeness (QED) is 0.0441. The van der Waals surface area contributed by atoms with E-state index in [1.807, 2.05) is 0 Å². The largest absolute Gasteiger partial charge is 0.425 e. The van der Waals surface area contributed by atoms with Gasteiger partial charge in [0, 0.05) is 19.3 Å². The fourth-order valence-electron chi connectivity index (χ4n) is 5.59. The van der Waals surface area contributed by atoms with Crippen molar-refractivity contribution in [2.24, 2.45) is 11.8 Å². The van der Waals surface area contributed by atoms with Gasteiger partial charge in [0.05, 0.1) is 0 Å². The molecule has 0 aromatic heterocycles. The summed E-state index contributed by atoms with van der Waals surface area (Å²) >= 11 is 0. The standard InChI is InChI=1S/C38H74O4/c1-6-7-8-9-10-11-18-23-28-33-38(41-36(39)31-26-21-16-12-14-19-24-29-34(2)3)42-37(40)32-27-22-17-13-15-20-25-30-35(4)5/h34-35,38H,6-33H2,1-5H3. The van der Waals surface area contributed by atoms with Crippen molar-refractivity contribution in [1.29, 1.82) is 0 Å². The highest BCUT2D eigenvalue weighted by Crippen LogP contribution is 2.17. The first-order valence-electron chi connectivity index (χ1n) is 18.7. The molecule has 0 saturated carbocycles. The minimum absolute atomic E-state index is 0.210. The third-order valence-electron chi connectivity index (χ3n) is 8.39. The van der Waals surface area contributed by atoms with Crippen LogP contribution in [0.5, 0.6) is 0 Å². The molecule has 0 aliphatic rings.